The van der Waals surface area contributed by atoms with Gasteiger partial charge in [-0.1, -0.05) is 34.5 Å². The molecule has 1 aliphatic heterocycles. The zero-order valence-corrected chi connectivity index (χ0v) is 20.4. The maximum Gasteiger partial charge on any atom is 0.266 e. The fourth-order valence-electron chi connectivity index (χ4n) is 3.49. The minimum absolute atomic E-state index is 0.140. The third-order valence-electron chi connectivity index (χ3n) is 5.51. The summed E-state index contributed by atoms with van der Waals surface area (Å²) in [4.78, 5) is 22.0. The zero-order chi connectivity index (χ0) is 22.7. The molecule has 0 N–H and O–H groups in total. The average molecular weight is 494 g/mol. The van der Waals surface area contributed by atoms with Gasteiger partial charge in [0.1, 0.15) is 5.75 Å². The normalized spacial score (nSPS) is 14.6. The second-order valence-electron chi connectivity index (χ2n) is 7.76. The molecular weight excluding hydrogens is 469 g/mol. The van der Waals surface area contributed by atoms with Crippen LogP contribution in [0.25, 0.3) is 10.2 Å². The number of aryl methyl sites for hydroxylation is 2. The summed E-state index contributed by atoms with van der Waals surface area (Å²) in [6.07, 6.45) is 0. The Labute approximate surface area is 201 Å². The van der Waals surface area contributed by atoms with Crippen LogP contribution in [-0.4, -0.2) is 61.8 Å². The van der Waals surface area contributed by atoms with E-state index in [1.807, 2.05) is 0 Å². The highest BCUT2D eigenvalue weighted by atomic mass is 35.5. The lowest BCUT2D eigenvalue weighted by molar-refractivity contribution is -0.120. The molecule has 6 nitrogen and oxygen atoms in total. The van der Waals surface area contributed by atoms with E-state index in [1.54, 1.807) is 23.1 Å². The van der Waals surface area contributed by atoms with Gasteiger partial charge in [-0.05, 0) is 55.3 Å². The van der Waals surface area contributed by atoms with Gasteiger partial charge in [-0.2, -0.15) is 0 Å². The summed E-state index contributed by atoms with van der Waals surface area (Å²) in [5.74, 6) is 0.255. The van der Waals surface area contributed by atoms with Crippen LogP contribution in [-0.2, 0) is 9.53 Å². The van der Waals surface area contributed by atoms with Crippen molar-refractivity contribution < 1.29 is 14.3 Å². The Bertz CT molecular complexity index is 1080. The molecule has 0 radical (unpaired) electrons. The molecule has 0 bridgehead atoms. The van der Waals surface area contributed by atoms with Crippen LogP contribution < -0.4 is 9.64 Å². The van der Waals surface area contributed by atoms with Crippen LogP contribution in [0.4, 0.5) is 5.13 Å². The lowest BCUT2D eigenvalue weighted by atomic mass is 10.1. The summed E-state index contributed by atoms with van der Waals surface area (Å²) in [5.41, 5.74) is 3.29. The largest absolute Gasteiger partial charge is 0.482 e. The molecule has 4 rings (SSSR count). The molecule has 32 heavy (non-hydrogen) atoms. The van der Waals surface area contributed by atoms with Gasteiger partial charge < -0.3 is 9.47 Å². The molecule has 0 atom stereocenters. The second-order valence-corrected chi connectivity index (χ2v) is 9.62. The van der Waals surface area contributed by atoms with Crippen molar-refractivity contribution in [2.45, 2.75) is 13.8 Å². The average Bonchev–Trinajstić information content (AvgIpc) is 3.16. The van der Waals surface area contributed by atoms with E-state index in [0.29, 0.717) is 40.7 Å². The van der Waals surface area contributed by atoms with Crippen LogP contribution >= 0.6 is 34.5 Å². The number of anilines is 1. The Kier molecular flexibility index (Phi) is 7.53. The Morgan fingerprint density at radius 2 is 1.94 bits per heavy atom. The van der Waals surface area contributed by atoms with E-state index in [9.17, 15) is 4.79 Å². The van der Waals surface area contributed by atoms with E-state index in [1.165, 1.54) is 22.5 Å². The quantitative estimate of drug-likeness (QED) is 0.465. The van der Waals surface area contributed by atoms with E-state index < -0.39 is 0 Å². The van der Waals surface area contributed by atoms with Crippen molar-refractivity contribution >= 4 is 55.8 Å². The molecule has 1 amide bonds. The van der Waals surface area contributed by atoms with E-state index in [2.05, 4.69) is 30.9 Å². The molecule has 3 aromatic rings. The molecule has 170 valence electrons. The number of nitrogens with zero attached hydrogens (tertiary/aromatic N) is 3. The highest BCUT2D eigenvalue weighted by Gasteiger charge is 2.22. The van der Waals surface area contributed by atoms with Crippen molar-refractivity contribution in [3.05, 3.63) is 51.5 Å². The van der Waals surface area contributed by atoms with Crippen molar-refractivity contribution in [1.29, 1.82) is 0 Å². The number of halogens is 2. The molecule has 1 aliphatic rings. The highest BCUT2D eigenvalue weighted by Crippen LogP contribution is 2.31. The number of fused-ring (bicyclic) bond motifs is 1. The van der Waals surface area contributed by atoms with Crippen LogP contribution in [0.1, 0.15) is 11.1 Å². The number of carbonyl (C=O) groups excluding carboxylic acids is 1. The highest BCUT2D eigenvalue weighted by molar-refractivity contribution is 7.22. The first-order valence-corrected chi connectivity index (χ1v) is 12.0. The number of hydrogen-bond acceptors (Lipinski definition) is 6. The molecular formula is C23H25Cl2N3O3S. The van der Waals surface area contributed by atoms with Gasteiger partial charge in [-0.3, -0.25) is 14.6 Å². The Balaban J connectivity index is 1.54. The van der Waals surface area contributed by atoms with E-state index >= 15 is 0 Å². The molecule has 0 aliphatic carbocycles. The van der Waals surface area contributed by atoms with Crippen molar-refractivity contribution in [3.63, 3.8) is 0 Å². The Morgan fingerprint density at radius 3 is 2.69 bits per heavy atom. The summed E-state index contributed by atoms with van der Waals surface area (Å²) in [7, 11) is 0. The van der Waals surface area contributed by atoms with Gasteiger partial charge in [-0.25, -0.2) is 4.98 Å². The number of thiazole rings is 1. The van der Waals surface area contributed by atoms with Gasteiger partial charge in [-0.15, -0.1) is 0 Å². The third-order valence-corrected chi connectivity index (χ3v) is 7.08. The van der Waals surface area contributed by atoms with E-state index in [0.717, 1.165) is 29.9 Å². The lowest BCUT2D eigenvalue weighted by Gasteiger charge is -2.29. The molecule has 2 aromatic carbocycles. The van der Waals surface area contributed by atoms with Crippen LogP contribution in [0.5, 0.6) is 5.75 Å². The number of rotatable bonds is 7. The van der Waals surface area contributed by atoms with Gasteiger partial charge in [0.05, 0.1) is 28.5 Å². The van der Waals surface area contributed by atoms with Gasteiger partial charge in [0.25, 0.3) is 5.91 Å². The fourth-order valence-corrected chi connectivity index (χ4v) is 5.04. The maximum atomic E-state index is 13.2. The van der Waals surface area contributed by atoms with Crippen molar-refractivity contribution in [2.75, 3.05) is 50.9 Å². The fraction of sp³-hybridized carbons (Fsp3) is 0.391. The summed E-state index contributed by atoms with van der Waals surface area (Å²) >= 11 is 13.7. The minimum Gasteiger partial charge on any atom is -0.482 e. The molecule has 0 spiro atoms. The smallest absolute Gasteiger partial charge is 0.266 e. The zero-order valence-electron chi connectivity index (χ0n) is 18.1. The van der Waals surface area contributed by atoms with Crippen molar-refractivity contribution in [3.8, 4) is 5.75 Å². The van der Waals surface area contributed by atoms with Crippen LogP contribution in [0.3, 0.4) is 0 Å². The number of ether oxygens (including phenoxy) is 2. The Hall–Kier alpha value is -1.90. The number of amides is 1. The summed E-state index contributed by atoms with van der Waals surface area (Å²) < 4.78 is 12.2. The molecule has 1 aromatic heterocycles. The predicted octanol–water partition coefficient (Wildman–Crippen LogP) is 4.96. The first-order valence-electron chi connectivity index (χ1n) is 10.5. The lowest BCUT2D eigenvalue weighted by Crippen LogP contribution is -2.44. The van der Waals surface area contributed by atoms with Crippen LogP contribution in [0.15, 0.2) is 30.3 Å². The number of aromatic nitrogens is 1. The first-order chi connectivity index (χ1) is 15.4. The number of hydrogen-bond donors (Lipinski definition) is 0. The molecule has 1 saturated heterocycles. The Morgan fingerprint density at radius 1 is 1.19 bits per heavy atom. The summed E-state index contributed by atoms with van der Waals surface area (Å²) in [5, 5.41) is 1.56. The van der Waals surface area contributed by atoms with E-state index in [4.69, 9.17) is 37.7 Å². The van der Waals surface area contributed by atoms with Crippen molar-refractivity contribution in [1.82, 2.24) is 9.88 Å². The molecule has 2 heterocycles. The summed E-state index contributed by atoms with van der Waals surface area (Å²) in [6, 6.07) is 9.14. The topological polar surface area (TPSA) is 54.9 Å². The van der Waals surface area contributed by atoms with Gasteiger partial charge in [0.15, 0.2) is 11.7 Å². The number of morpholine rings is 1. The van der Waals surface area contributed by atoms with Gasteiger partial charge in [0.2, 0.25) is 0 Å². The number of carbonyl (C=O) groups is 1. The predicted molar refractivity (Wildman–Crippen MR) is 131 cm³/mol. The second kappa shape index (κ2) is 10.4. The van der Waals surface area contributed by atoms with Crippen LogP contribution in [0.2, 0.25) is 10.0 Å². The first kappa shape index (κ1) is 23.3. The standard InChI is InChI=1S/C23H25Cl2N3O3S/c1-15-11-19-21(12-16(15)2)32-23(26-19)28(6-5-27-7-9-30-10-8-27)22(29)14-31-20-4-3-17(24)13-18(20)25/h3-4,11-13H,5-10,14H2,1-2H3. The number of benzene rings is 2. The van der Waals surface area contributed by atoms with E-state index in [-0.39, 0.29) is 12.5 Å². The molecule has 0 saturated carbocycles. The molecule has 0 unspecified atom stereocenters. The van der Waals surface area contributed by atoms with Crippen LogP contribution in [0, 0.1) is 13.8 Å². The van der Waals surface area contributed by atoms with Gasteiger partial charge >= 0.3 is 0 Å². The SMILES string of the molecule is Cc1cc2nc(N(CCN3CCOCC3)C(=O)COc3ccc(Cl)cc3Cl)sc2cc1C. The maximum absolute atomic E-state index is 13.2. The molecule has 1 fully saturated rings. The molecule has 9 heteroatoms. The third kappa shape index (κ3) is 5.53. The van der Waals surface area contributed by atoms with Gasteiger partial charge in [0, 0.05) is 31.2 Å². The monoisotopic (exact) mass is 493 g/mol. The minimum atomic E-state index is -0.170. The van der Waals surface area contributed by atoms with Crippen molar-refractivity contribution in [2.24, 2.45) is 0 Å². The summed E-state index contributed by atoms with van der Waals surface area (Å²) in [6.45, 7) is 8.42.